The van der Waals surface area contributed by atoms with Gasteiger partial charge in [-0.05, 0) is 43.2 Å². The van der Waals surface area contributed by atoms with E-state index >= 15 is 0 Å². The molecule has 1 aliphatic rings. The highest BCUT2D eigenvalue weighted by Gasteiger charge is 2.16. The summed E-state index contributed by atoms with van der Waals surface area (Å²) >= 11 is 5.13. The monoisotopic (exact) mass is 285 g/mol. The molecule has 2 N–H and O–H groups in total. The lowest BCUT2D eigenvalue weighted by molar-refractivity contribution is 0.157. The van der Waals surface area contributed by atoms with Gasteiger partial charge in [-0.1, -0.05) is 42.9 Å². The molecular weight excluding hydrogens is 266 g/mol. The van der Waals surface area contributed by atoms with E-state index in [1.807, 2.05) is 24.3 Å². The highest BCUT2D eigenvalue weighted by molar-refractivity contribution is 7.80. The Hall–Kier alpha value is -1.61. The zero-order chi connectivity index (χ0) is 13.9. The van der Waals surface area contributed by atoms with E-state index < -0.39 is 0 Å². The predicted octanol–water partition coefficient (Wildman–Crippen LogP) is 4.19. The SMILES string of the molecule is NC(=S)c1ccc(OC2CCCCC2)c2ccccc12. The summed E-state index contributed by atoms with van der Waals surface area (Å²) < 4.78 is 6.22. The van der Waals surface area contributed by atoms with Gasteiger partial charge in [0.05, 0.1) is 6.10 Å². The quantitative estimate of drug-likeness (QED) is 0.859. The van der Waals surface area contributed by atoms with Crippen LogP contribution in [0.1, 0.15) is 37.7 Å². The molecule has 0 aromatic heterocycles. The third-order valence-electron chi connectivity index (χ3n) is 4.00. The van der Waals surface area contributed by atoms with Gasteiger partial charge in [0.1, 0.15) is 10.7 Å². The van der Waals surface area contributed by atoms with E-state index in [2.05, 4.69) is 12.1 Å². The van der Waals surface area contributed by atoms with Crippen molar-refractivity contribution in [3.8, 4) is 5.75 Å². The number of nitrogens with two attached hydrogens (primary N) is 1. The number of thiocarbonyl (C=S) groups is 1. The first kappa shape index (κ1) is 13.4. The van der Waals surface area contributed by atoms with Gasteiger partial charge in [-0.2, -0.15) is 0 Å². The van der Waals surface area contributed by atoms with E-state index in [4.69, 9.17) is 22.7 Å². The Labute approximate surface area is 124 Å². The van der Waals surface area contributed by atoms with Crippen molar-refractivity contribution in [3.63, 3.8) is 0 Å². The lowest BCUT2D eigenvalue weighted by Gasteiger charge is -2.24. The first-order valence-electron chi connectivity index (χ1n) is 7.24. The summed E-state index contributed by atoms with van der Waals surface area (Å²) in [6.45, 7) is 0. The summed E-state index contributed by atoms with van der Waals surface area (Å²) in [5.41, 5.74) is 6.73. The predicted molar refractivity (Wildman–Crippen MR) is 87.3 cm³/mol. The molecule has 0 heterocycles. The van der Waals surface area contributed by atoms with Gasteiger partial charge in [-0.25, -0.2) is 0 Å². The number of benzene rings is 2. The highest BCUT2D eigenvalue weighted by Crippen LogP contribution is 2.31. The molecule has 20 heavy (non-hydrogen) atoms. The lowest BCUT2D eigenvalue weighted by Crippen LogP contribution is -2.20. The van der Waals surface area contributed by atoms with E-state index in [1.54, 1.807) is 0 Å². The van der Waals surface area contributed by atoms with Crippen LogP contribution in [-0.2, 0) is 0 Å². The highest BCUT2D eigenvalue weighted by atomic mass is 32.1. The van der Waals surface area contributed by atoms with Gasteiger partial charge in [0.25, 0.3) is 0 Å². The zero-order valence-corrected chi connectivity index (χ0v) is 12.3. The lowest BCUT2D eigenvalue weighted by atomic mass is 9.97. The third-order valence-corrected chi connectivity index (χ3v) is 4.22. The number of ether oxygens (including phenoxy) is 1. The van der Waals surface area contributed by atoms with Gasteiger partial charge in [-0.3, -0.25) is 0 Å². The van der Waals surface area contributed by atoms with E-state index in [1.165, 1.54) is 19.3 Å². The Morgan fingerprint density at radius 2 is 1.70 bits per heavy atom. The molecule has 0 aliphatic heterocycles. The molecule has 3 heteroatoms. The maximum Gasteiger partial charge on any atom is 0.127 e. The maximum atomic E-state index is 6.22. The third kappa shape index (κ3) is 2.63. The van der Waals surface area contributed by atoms with Crippen molar-refractivity contribution in [2.75, 3.05) is 0 Å². The Morgan fingerprint density at radius 1 is 1.00 bits per heavy atom. The van der Waals surface area contributed by atoms with Crippen molar-refractivity contribution in [1.82, 2.24) is 0 Å². The summed E-state index contributed by atoms with van der Waals surface area (Å²) in [5, 5.41) is 2.18. The van der Waals surface area contributed by atoms with Crippen LogP contribution in [-0.4, -0.2) is 11.1 Å². The molecule has 0 atom stereocenters. The van der Waals surface area contributed by atoms with Gasteiger partial charge in [-0.15, -0.1) is 0 Å². The van der Waals surface area contributed by atoms with Crippen LogP contribution in [0.5, 0.6) is 5.75 Å². The second-order valence-electron chi connectivity index (χ2n) is 5.40. The average Bonchev–Trinajstić information content (AvgIpc) is 2.48. The molecular formula is C17H19NOS. The molecule has 1 fully saturated rings. The molecule has 3 rings (SSSR count). The average molecular weight is 285 g/mol. The molecule has 104 valence electrons. The Balaban J connectivity index is 1.99. The Morgan fingerprint density at radius 3 is 2.40 bits per heavy atom. The van der Waals surface area contributed by atoms with E-state index in [0.29, 0.717) is 11.1 Å². The molecule has 0 radical (unpaired) electrons. The molecule has 0 bridgehead atoms. The van der Waals surface area contributed by atoms with Gasteiger partial charge in [0.2, 0.25) is 0 Å². The van der Waals surface area contributed by atoms with Crippen molar-refractivity contribution >= 4 is 28.0 Å². The summed E-state index contributed by atoms with van der Waals surface area (Å²) in [7, 11) is 0. The van der Waals surface area contributed by atoms with Crippen molar-refractivity contribution in [2.45, 2.75) is 38.2 Å². The molecule has 0 unspecified atom stereocenters. The fourth-order valence-corrected chi connectivity index (χ4v) is 3.13. The van der Waals surface area contributed by atoms with E-state index in [-0.39, 0.29) is 0 Å². The minimum atomic E-state index is 0.350. The fourth-order valence-electron chi connectivity index (χ4n) is 2.95. The summed E-state index contributed by atoms with van der Waals surface area (Å²) in [6, 6.07) is 12.1. The van der Waals surface area contributed by atoms with Crippen molar-refractivity contribution in [2.24, 2.45) is 5.73 Å². The number of rotatable bonds is 3. The van der Waals surface area contributed by atoms with Crippen LogP contribution >= 0.6 is 12.2 Å². The van der Waals surface area contributed by atoms with Crippen LogP contribution in [0, 0.1) is 0 Å². The van der Waals surface area contributed by atoms with Gasteiger partial charge in [0, 0.05) is 10.9 Å². The van der Waals surface area contributed by atoms with Gasteiger partial charge in [0.15, 0.2) is 0 Å². The van der Waals surface area contributed by atoms with Crippen LogP contribution < -0.4 is 10.5 Å². The number of hydrogen-bond donors (Lipinski definition) is 1. The second kappa shape index (κ2) is 5.80. The Bertz CT molecular complexity index is 632. The molecule has 1 aliphatic carbocycles. The van der Waals surface area contributed by atoms with Crippen LogP contribution in [0.4, 0.5) is 0 Å². The number of hydrogen-bond acceptors (Lipinski definition) is 2. The van der Waals surface area contributed by atoms with Crippen LogP contribution in [0.2, 0.25) is 0 Å². The zero-order valence-electron chi connectivity index (χ0n) is 11.5. The summed E-state index contributed by atoms with van der Waals surface area (Å²) in [6.07, 6.45) is 6.54. The van der Waals surface area contributed by atoms with Crippen molar-refractivity contribution < 1.29 is 4.74 Å². The maximum absolute atomic E-state index is 6.22. The summed E-state index contributed by atoms with van der Waals surface area (Å²) in [4.78, 5) is 0.436. The van der Waals surface area contributed by atoms with Crippen molar-refractivity contribution in [1.29, 1.82) is 0 Å². The first-order chi connectivity index (χ1) is 9.75. The van der Waals surface area contributed by atoms with E-state index in [9.17, 15) is 0 Å². The van der Waals surface area contributed by atoms with Crippen molar-refractivity contribution in [3.05, 3.63) is 42.0 Å². The van der Waals surface area contributed by atoms with E-state index in [0.717, 1.165) is 34.9 Å². The van der Waals surface area contributed by atoms with Crippen LogP contribution in [0.25, 0.3) is 10.8 Å². The van der Waals surface area contributed by atoms with Gasteiger partial charge >= 0.3 is 0 Å². The van der Waals surface area contributed by atoms with Gasteiger partial charge < -0.3 is 10.5 Å². The normalized spacial score (nSPS) is 16.2. The Kier molecular flexibility index (Phi) is 3.88. The van der Waals surface area contributed by atoms with Crippen LogP contribution in [0.3, 0.4) is 0 Å². The molecule has 2 aromatic rings. The first-order valence-corrected chi connectivity index (χ1v) is 7.65. The minimum absolute atomic E-state index is 0.350. The fraction of sp³-hybridized carbons (Fsp3) is 0.353. The molecule has 2 nitrogen and oxygen atoms in total. The minimum Gasteiger partial charge on any atom is -0.490 e. The molecule has 0 saturated heterocycles. The summed E-state index contributed by atoms with van der Waals surface area (Å²) in [5.74, 6) is 0.951. The standard InChI is InChI=1S/C17H19NOS/c18-17(20)15-10-11-16(14-9-5-4-8-13(14)15)19-12-6-2-1-3-7-12/h4-5,8-12H,1-3,6-7H2,(H2,18,20). The van der Waals surface area contributed by atoms with Crippen LogP contribution in [0.15, 0.2) is 36.4 Å². The smallest absolute Gasteiger partial charge is 0.127 e. The molecule has 1 saturated carbocycles. The molecule has 0 amide bonds. The number of fused-ring (bicyclic) bond motifs is 1. The molecule has 0 spiro atoms. The topological polar surface area (TPSA) is 35.2 Å². The largest absolute Gasteiger partial charge is 0.490 e. The second-order valence-corrected chi connectivity index (χ2v) is 5.84. The molecule has 2 aromatic carbocycles.